The van der Waals surface area contributed by atoms with Crippen molar-refractivity contribution < 1.29 is 20.1 Å². The van der Waals surface area contributed by atoms with Gasteiger partial charge in [0.05, 0.1) is 5.88 Å². The molecule has 0 amide bonds. The van der Waals surface area contributed by atoms with E-state index in [9.17, 15) is 0 Å². The Balaban J connectivity index is 2.53. The van der Waals surface area contributed by atoms with E-state index in [1.165, 1.54) is 0 Å². The van der Waals surface area contributed by atoms with Crippen LogP contribution in [0.4, 0.5) is 0 Å². The lowest BCUT2D eigenvalue weighted by atomic mass is 10.2. The fourth-order valence-electron chi connectivity index (χ4n) is 0.856. The van der Waals surface area contributed by atoms with Gasteiger partial charge in [0.15, 0.2) is 6.29 Å². The SMILES string of the molecule is O[C@@H]1[C@H](O)[C@@H](CCl)O[C@H]1O. The zero-order chi connectivity index (χ0) is 7.72. The maximum Gasteiger partial charge on any atom is 0.184 e. The number of halogens is 1. The predicted molar refractivity (Wildman–Crippen MR) is 33.6 cm³/mol. The molecule has 1 fully saturated rings. The summed E-state index contributed by atoms with van der Waals surface area (Å²) in [5.41, 5.74) is 0. The molecule has 0 aromatic heterocycles. The van der Waals surface area contributed by atoms with E-state index in [1.807, 2.05) is 0 Å². The first-order chi connectivity index (χ1) is 4.66. The second-order valence-electron chi connectivity index (χ2n) is 2.20. The summed E-state index contributed by atoms with van der Waals surface area (Å²) in [6.45, 7) is 0. The Hall–Kier alpha value is 0.130. The Bertz CT molecular complexity index is 120. The molecule has 0 radical (unpaired) electrons. The molecular formula is C5H9ClO4. The van der Waals surface area contributed by atoms with Gasteiger partial charge in [-0.25, -0.2) is 0 Å². The van der Waals surface area contributed by atoms with Crippen molar-refractivity contribution in [1.82, 2.24) is 0 Å². The van der Waals surface area contributed by atoms with Gasteiger partial charge in [-0.05, 0) is 0 Å². The summed E-state index contributed by atoms with van der Waals surface area (Å²) in [6, 6.07) is 0. The number of aliphatic hydroxyl groups is 3. The third-order valence-electron chi connectivity index (χ3n) is 1.49. The van der Waals surface area contributed by atoms with E-state index in [0.29, 0.717) is 0 Å². The van der Waals surface area contributed by atoms with Crippen LogP contribution in [0.1, 0.15) is 0 Å². The van der Waals surface area contributed by atoms with E-state index in [2.05, 4.69) is 4.74 Å². The quantitative estimate of drug-likeness (QED) is 0.424. The van der Waals surface area contributed by atoms with Gasteiger partial charge in [-0.2, -0.15) is 0 Å². The van der Waals surface area contributed by atoms with E-state index in [4.69, 9.17) is 26.9 Å². The zero-order valence-corrected chi connectivity index (χ0v) is 5.90. The highest BCUT2D eigenvalue weighted by Gasteiger charge is 2.40. The van der Waals surface area contributed by atoms with Crippen molar-refractivity contribution in [3.05, 3.63) is 0 Å². The maximum absolute atomic E-state index is 9.01. The minimum absolute atomic E-state index is 0.0648. The Morgan fingerprint density at radius 3 is 2.00 bits per heavy atom. The average molecular weight is 169 g/mol. The largest absolute Gasteiger partial charge is 0.387 e. The molecule has 10 heavy (non-hydrogen) atoms. The molecule has 3 N–H and O–H groups in total. The van der Waals surface area contributed by atoms with Gasteiger partial charge < -0.3 is 20.1 Å². The third-order valence-corrected chi connectivity index (χ3v) is 1.79. The van der Waals surface area contributed by atoms with Crippen molar-refractivity contribution in [3.63, 3.8) is 0 Å². The number of hydrogen-bond acceptors (Lipinski definition) is 4. The van der Waals surface area contributed by atoms with E-state index in [0.717, 1.165) is 0 Å². The van der Waals surface area contributed by atoms with Crippen LogP contribution in [-0.4, -0.2) is 45.8 Å². The first-order valence-corrected chi connectivity index (χ1v) is 3.46. The van der Waals surface area contributed by atoms with Crippen molar-refractivity contribution in [3.8, 4) is 0 Å². The van der Waals surface area contributed by atoms with Crippen molar-refractivity contribution in [2.45, 2.75) is 24.6 Å². The average Bonchev–Trinajstić information content (AvgIpc) is 2.17. The van der Waals surface area contributed by atoms with E-state index in [1.54, 1.807) is 0 Å². The molecule has 1 aliphatic rings. The number of hydrogen-bond donors (Lipinski definition) is 3. The number of rotatable bonds is 1. The summed E-state index contributed by atoms with van der Waals surface area (Å²) in [5, 5.41) is 26.7. The van der Waals surface area contributed by atoms with Gasteiger partial charge >= 0.3 is 0 Å². The number of aliphatic hydroxyl groups excluding tert-OH is 3. The van der Waals surface area contributed by atoms with Crippen LogP contribution in [0.5, 0.6) is 0 Å². The van der Waals surface area contributed by atoms with Crippen molar-refractivity contribution in [2.24, 2.45) is 0 Å². The monoisotopic (exact) mass is 168 g/mol. The van der Waals surface area contributed by atoms with Crippen LogP contribution >= 0.6 is 11.6 Å². The normalized spacial score (nSPS) is 48.0. The molecule has 5 heteroatoms. The lowest BCUT2D eigenvalue weighted by Crippen LogP contribution is -2.32. The molecule has 1 heterocycles. The van der Waals surface area contributed by atoms with Crippen LogP contribution in [0.3, 0.4) is 0 Å². The molecule has 0 aromatic carbocycles. The van der Waals surface area contributed by atoms with Crippen molar-refractivity contribution in [2.75, 3.05) is 5.88 Å². The molecule has 1 rings (SSSR count). The predicted octanol–water partition coefficient (Wildman–Crippen LogP) is -1.34. The summed E-state index contributed by atoms with van der Waals surface area (Å²) in [4.78, 5) is 0. The minimum Gasteiger partial charge on any atom is -0.387 e. The van der Waals surface area contributed by atoms with Gasteiger partial charge in [0.1, 0.15) is 18.3 Å². The number of alkyl halides is 1. The minimum atomic E-state index is -1.31. The van der Waals surface area contributed by atoms with Crippen LogP contribution < -0.4 is 0 Å². The van der Waals surface area contributed by atoms with Crippen LogP contribution in [-0.2, 0) is 4.74 Å². The highest BCUT2D eigenvalue weighted by atomic mass is 35.5. The lowest BCUT2D eigenvalue weighted by molar-refractivity contribution is -0.123. The molecule has 0 aromatic rings. The van der Waals surface area contributed by atoms with Crippen LogP contribution in [0.15, 0.2) is 0 Å². The molecular weight excluding hydrogens is 160 g/mol. The molecule has 4 atom stereocenters. The molecule has 4 nitrogen and oxygen atoms in total. The van der Waals surface area contributed by atoms with Crippen molar-refractivity contribution in [1.29, 1.82) is 0 Å². The van der Waals surface area contributed by atoms with Gasteiger partial charge in [0.2, 0.25) is 0 Å². The van der Waals surface area contributed by atoms with Gasteiger partial charge in [0.25, 0.3) is 0 Å². The van der Waals surface area contributed by atoms with E-state index >= 15 is 0 Å². The highest BCUT2D eigenvalue weighted by Crippen LogP contribution is 2.19. The Morgan fingerprint density at radius 1 is 1.20 bits per heavy atom. The molecule has 0 unspecified atom stereocenters. The summed E-state index contributed by atoms with van der Waals surface area (Å²) >= 11 is 5.33. The van der Waals surface area contributed by atoms with Crippen LogP contribution in [0.25, 0.3) is 0 Å². The molecule has 60 valence electrons. The first-order valence-electron chi connectivity index (χ1n) is 2.92. The summed E-state index contributed by atoms with van der Waals surface area (Å²) < 4.78 is 4.66. The smallest absolute Gasteiger partial charge is 0.184 e. The Morgan fingerprint density at radius 2 is 1.80 bits per heavy atom. The Kier molecular flexibility index (Phi) is 2.49. The van der Waals surface area contributed by atoms with Gasteiger partial charge in [-0.15, -0.1) is 11.6 Å². The second-order valence-corrected chi connectivity index (χ2v) is 2.51. The summed E-state index contributed by atoms with van der Waals surface area (Å²) in [6.07, 6.45) is -4.28. The second kappa shape index (κ2) is 3.02. The molecule has 1 aliphatic heterocycles. The van der Waals surface area contributed by atoms with Gasteiger partial charge in [0, 0.05) is 0 Å². The first kappa shape index (κ1) is 8.23. The summed E-state index contributed by atoms with van der Waals surface area (Å²) in [7, 11) is 0. The van der Waals surface area contributed by atoms with Crippen LogP contribution in [0.2, 0.25) is 0 Å². The fourth-order valence-corrected chi connectivity index (χ4v) is 1.11. The lowest BCUT2D eigenvalue weighted by Gasteiger charge is -2.09. The molecule has 0 aliphatic carbocycles. The Labute approximate surface area is 63.0 Å². The maximum atomic E-state index is 9.01. The third kappa shape index (κ3) is 1.26. The van der Waals surface area contributed by atoms with Crippen LogP contribution in [0, 0.1) is 0 Å². The summed E-state index contributed by atoms with van der Waals surface area (Å²) in [5.74, 6) is 0.0648. The zero-order valence-electron chi connectivity index (χ0n) is 5.14. The molecule has 0 saturated carbocycles. The standard InChI is InChI=1S/C5H9ClO4/c6-1-2-3(7)4(8)5(9)10-2/h2-5,7-9H,1H2/t2-,3-,4-,5-/m1/s1. The molecule has 0 bridgehead atoms. The highest BCUT2D eigenvalue weighted by molar-refractivity contribution is 6.18. The topological polar surface area (TPSA) is 69.9 Å². The van der Waals surface area contributed by atoms with E-state index < -0.39 is 24.6 Å². The van der Waals surface area contributed by atoms with Gasteiger partial charge in [-0.1, -0.05) is 0 Å². The van der Waals surface area contributed by atoms with Gasteiger partial charge in [-0.3, -0.25) is 0 Å². The molecule has 0 spiro atoms. The van der Waals surface area contributed by atoms with Crippen molar-refractivity contribution >= 4 is 11.6 Å². The van der Waals surface area contributed by atoms with E-state index in [-0.39, 0.29) is 5.88 Å². The number of ether oxygens (including phenoxy) is 1. The molecule has 1 saturated heterocycles. The fraction of sp³-hybridized carbons (Fsp3) is 1.00.